The van der Waals surface area contributed by atoms with Crippen molar-refractivity contribution in [2.45, 2.75) is 44.4 Å². The van der Waals surface area contributed by atoms with E-state index in [-0.39, 0.29) is 5.91 Å². The van der Waals surface area contributed by atoms with Crippen molar-refractivity contribution in [3.8, 4) is 0 Å². The lowest BCUT2D eigenvalue weighted by atomic mass is 9.84. The van der Waals surface area contributed by atoms with Crippen LogP contribution in [0.4, 0.5) is 5.13 Å². The molecule has 0 spiro atoms. The fourth-order valence-electron chi connectivity index (χ4n) is 2.44. The van der Waals surface area contributed by atoms with Crippen LogP contribution < -0.4 is 10.2 Å². The van der Waals surface area contributed by atoms with Crippen LogP contribution >= 0.6 is 23.1 Å². The normalized spacial score (nSPS) is 16.8. The maximum atomic E-state index is 11.5. The van der Waals surface area contributed by atoms with Gasteiger partial charge in [0.05, 0.1) is 5.69 Å². The molecular weight excluding hydrogens is 290 g/mol. The van der Waals surface area contributed by atoms with E-state index in [2.05, 4.69) is 16.6 Å². The van der Waals surface area contributed by atoms with E-state index in [1.54, 1.807) is 23.2 Å². The first-order valence-corrected chi connectivity index (χ1v) is 9.19. The topological polar surface area (TPSA) is 45.2 Å². The molecule has 112 valence electrons. The van der Waals surface area contributed by atoms with Crippen molar-refractivity contribution >= 4 is 34.1 Å². The Morgan fingerprint density at radius 1 is 1.60 bits per heavy atom. The Morgan fingerprint density at radius 3 is 2.85 bits per heavy atom. The van der Waals surface area contributed by atoms with Crippen LogP contribution in [0.25, 0.3) is 0 Å². The summed E-state index contributed by atoms with van der Waals surface area (Å²) in [5.74, 6) is 0.0529. The molecule has 4 nitrogen and oxygen atoms in total. The van der Waals surface area contributed by atoms with E-state index in [0.717, 1.165) is 23.9 Å². The van der Waals surface area contributed by atoms with Gasteiger partial charge in [-0.1, -0.05) is 6.42 Å². The molecule has 1 aromatic heterocycles. The van der Waals surface area contributed by atoms with Crippen molar-refractivity contribution in [1.29, 1.82) is 0 Å². The number of hydrogen-bond acceptors (Lipinski definition) is 5. The predicted octanol–water partition coefficient (Wildman–Crippen LogP) is 2.89. The van der Waals surface area contributed by atoms with E-state index in [1.807, 2.05) is 24.1 Å². The SMILES string of the molecule is CCN(C(C)=O)c1nc(CNCC2(SC)CCC2)cs1. The van der Waals surface area contributed by atoms with E-state index >= 15 is 0 Å². The molecule has 1 aliphatic rings. The zero-order chi connectivity index (χ0) is 14.6. The first-order chi connectivity index (χ1) is 9.60. The average Bonchev–Trinajstić information content (AvgIpc) is 2.82. The van der Waals surface area contributed by atoms with Crippen molar-refractivity contribution in [1.82, 2.24) is 10.3 Å². The van der Waals surface area contributed by atoms with E-state index < -0.39 is 0 Å². The summed E-state index contributed by atoms with van der Waals surface area (Å²) in [4.78, 5) is 17.7. The number of hydrogen-bond donors (Lipinski definition) is 1. The molecule has 1 aromatic rings. The number of rotatable bonds is 7. The molecule has 1 amide bonds. The number of nitrogens with zero attached hydrogens (tertiary/aromatic N) is 2. The molecule has 0 aromatic carbocycles. The Kier molecular flexibility index (Phi) is 5.46. The first kappa shape index (κ1) is 15.8. The first-order valence-electron chi connectivity index (χ1n) is 7.08. The number of thiazole rings is 1. The third kappa shape index (κ3) is 3.54. The van der Waals surface area contributed by atoms with E-state index in [0.29, 0.717) is 11.3 Å². The summed E-state index contributed by atoms with van der Waals surface area (Å²) < 4.78 is 0.452. The van der Waals surface area contributed by atoms with E-state index in [4.69, 9.17) is 0 Å². The maximum Gasteiger partial charge on any atom is 0.225 e. The van der Waals surface area contributed by atoms with Gasteiger partial charge in [0.2, 0.25) is 5.91 Å². The number of amides is 1. The van der Waals surface area contributed by atoms with Crippen molar-refractivity contribution in [2.24, 2.45) is 0 Å². The smallest absolute Gasteiger partial charge is 0.225 e. The third-order valence-corrected chi connectivity index (χ3v) is 6.25. The molecule has 1 heterocycles. The standard InChI is InChI=1S/C14H23N3OS2/c1-4-17(11(2)18)13-16-12(9-20-13)8-15-10-14(19-3)6-5-7-14/h9,15H,4-8,10H2,1-3H3. The molecule has 0 unspecified atom stereocenters. The van der Waals surface area contributed by atoms with Crippen LogP contribution in [0.2, 0.25) is 0 Å². The summed E-state index contributed by atoms with van der Waals surface area (Å²) >= 11 is 3.52. The lowest BCUT2D eigenvalue weighted by molar-refractivity contribution is -0.116. The lowest BCUT2D eigenvalue weighted by Gasteiger charge is -2.40. The second kappa shape index (κ2) is 6.91. The summed E-state index contributed by atoms with van der Waals surface area (Å²) in [5.41, 5.74) is 1.03. The number of nitrogens with one attached hydrogen (secondary N) is 1. The third-order valence-electron chi connectivity index (χ3n) is 3.92. The van der Waals surface area contributed by atoms with Gasteiger partial charge in [0, 0.05) is 36.7 Å². The largest absolute Gasteiger partial charge is 0.310 e. The van der Waals surface area contributed by atoms with Gasteiger partial charge in [-0.05, 0) is 26.0 Å². The Labute approximate surface area is 129 Å². The number of aromatic nitrogens is 1. The highest BCUT2D eigenvalue weighted by Crippen LogP contribution is 2.42. The molecule has 0 radical (unpaired) electrons. The molecule has 0 aliphatic heterocycles. The molecule has 1 saturated carbocycles. The summed E-state index contributed by atoms with van der Waals surface area (Å²) in [6.07, 6.45) is 6.19. The van der Waals surface area contributed by atoms with Crippen LogP contribution in [0.5, 0.6) is 0 Å². The van der Waals surface area contributed by atoms with E-state index in [1.165, 1.54) is 19.3 Å². The second-order valence-electron chi connectivity index (χ2n) is 5.23. The van der Waals surface area contributed by atoms with E-state index in [9.17, 15) is 4.79 Å². The van der Waals surface area contributed by atoms with Crippen LogP contribution in [0.3, 0.4) is 0 Å². The van der Waals surface area contributed by atoms with Crippen LogP contribution in [0.15, 0.2) is 5.38 Å². The zero-order valence-electron chi connectivity index (χ0n) is 12.4. The quantitative estimate of drug-likeness (QED) is 0.841. The Balaban J connectivity index is 1.85. The van der Waals surface area contributed by atoms with Crippen molar-refractivity contribution in [3.63, 3.8) is 0 Å². The van der Waals surface area contributed by atoms with Gasteiger partial charge in [0.1, 0.15) is 0 Å². The second-order valence-corrected chi connectivity index (χ2v) is 7.34. The zero-order valence-corrected chi connectivity index (χ0v) is 14.1. The van der Waals surface area contributed by atoms with Crippen LogP contribution in [0.1, 0.15) is 38.8 Å². The minimum absolute atomic E-state index is 0.0529. The fourth-order valence-corrected chi connectivity index (χ4v) is 4.31. The number of thioether (sulfide) groups is 1. The molecule has 0 bridgehead atoms. The van der Waals surface area contributed by atoms with Gasteiger partial charge in [-0.2, -0.15) is 11.8 Å². The van der Waals surface area contributed by atoms with Gasteiger partial charge in [-0.3, -0.25) is 9.69 Å². The highest BCUT2D eigenvalue weighted by atomic mass is 32.2. The van der Waals surface area contributed by atoms with Crippen LogP contribution in [-0.2, 0) is 11.3 Å². The predicted molar refractivity (Wildman–Crippen MR) is 87.6 cm³/mol. The Morgan fingerprint density at radius 2 is 2.35 bits per heavy atom. The molecule has 6 heteroatoms. The highest BCUT2D eigenvalue weighted by molar-refractivity contribution is 8.00. The van der Waals surface area contributed by atoms with Gasteiger partial charge in [0.25, 0.3) is 0 Å². The maximum absolute atomic E-state index is 11.5. The molecule has 0 saturated heterocycles. The van der Waals surface area contributed by atoms with Gasteiger partial charge < -0.3 is 5.32 Å². The number of anilines is 1. The number of carbonyl (C=O) groups excluding carboxylic acids is 1. The van der Waals surface area contributed by atoms with Gasteiger partial charge in [-0.25, -0.2) is 4.98 Å². The molecule has 20 heavy (non-hydrogen) atoms. The molecule has 2 rings (SSSR count). The summed E-state index contributed by atoms with van der Waals surface area (Å²) in [7, 11) is 0. The van der Waals surface area contributed by atoms with Crippen molar-refractivity contribution in [3.05, 3.63) is 11.1 Å². The molecule has 1 fully saturated rings. The lowest BCUT2D eigenvalue weighted by Crippen LogP contribution is -2.43. The van der Waals surface area contributed by atoms with Gasteiger partial charge in [-0.15, -0.1) is 11.3 Å². The Hall–Kier alpha value is -0.590. The molecule has 1 N–H and O–H groups in total. The Bertz CT molecular complexity index is 452. The van der Waals surface area contributed by atoms with Crippen LogP contribution in [0, 0.1) is 0 Å². The fraction of sp³-hybridized carbons (Fsp3) is 0.714. The molecule has 0 atom stereocenters. The molecule has 1 aliphatic carbocycles. The highest BCUT2D eigenvalue weighted by Gasteiger charge is 2.35. The van der Waals surface area contributed by atoms with Gasteiger partial charge in [0.15, 0.2) is 5.13 Å². The van der Waals surface area contributed by atoms with Gasteiger partial charge >= 0.3 is 0 Å². The summed E-state index contributed by atoms with van der Waals surface area (Å²) in [6, 6.07) is 0. The van der Waals surface area contributed by atoms with Crippen molar-refractivity contribution in [2.75, 3.05) is 24.2 Å². The summed E-state index contributed by atoms with van der Waals surface area (Å²) in [6.45, 7) is 6.06. The minimum atomic E-state index is 0.0529. The van der Waals surface area contributed by atoms with Crippen molar-refractivity contribution < 1.29 is 4.79 Å². The monoisotopic (exact) mass is 313 g/mol. The summed E-state index contributed by atoms with van der Waals surface area (Å²) in [5, 5.41) is 6.36. The average molecular weight is 313 g/mol. The van der Waals surface area contributed by atoms with Crippen LogP contribution in [-0.4, -0.2) is 35.0 Å². The molecular formula is C14H23N3OS2. The minimum Gasteiger partial charge on any atom is -0.310 e. The number of carbonyl (C=O) groups is 1.